The maximum Gasteiger partial charge on any atom is 0.416 e. The summed E-state index contributed by atoms with van der Waals surface area (Å²) in [6.07, 6.45) is -2.76. The Bertz CT molecular complexity index is 694. The molecule has 150 valence electrons. The summed E-state index contributed by atoms with van der Waals surface area (Å²) in [6, 6.07) is 2.41. The Morgan fingerprint density at radius 3 is 2.44 bits per heavy atom. The molecule has 1 aromatic rings. The highest BCUT2D eigenvalue weighted by atomic mass is 19.4. The van der Waals surface area contributed by atoms with E-state index in [0.29, 0.717) is 12.6 Å². The van der Waals surface area contributed by atoms with E-state index in [-0.39, 0.29) is 42.4 Å². The molecule has 0 aliphatic carbocycles. The third-order valence-corrected chi connectivity index (χ3v) is 4.85. The third-order valence-electron chi connectivity index (χ3n) is 4.85. The molecule has 1 heterocycles. The number of carbonyl (C=O) groups excluding carboxylic acids is 2. The second-order valence-corrected chi connectivity index (χ2v) is 6.77. The first-order chi connectivity index (χ1) is 12.6. The number of amides is 2. The van der Waals surface area contributed by atoms with Gasteiger partial charge in [-0.05, 0) is 32.0 Å². The van der Waals surface area contributed by atoms with Crippen molar-refractivity contribution in [2.24, 2.45) is 0 Å². The first-order valence-electron chi connectivity index (χ1n) is 8.66. The molecule has 0 unspecified atom stereocenters. The number of likely N-dealkylation sites (tertiary alicyclic amines) is 1. The summed E-state index contributed by atoms with van der Waals surface area (Å²) in [5.41, 5.74) is -1.06. The van der Waals surface area contributed by atoms with Gasteiger partial charge in [-0.2, -0.15) is 13.2 Å². The lowest BCUT2D eigenvalue weighted by atomic mass is 10.1. The Labute approximate surface area is 155 Å². The molecule has 2 rings (SSSR count). The van der Waals surface area contributed by atoms with Crippen molar-refractivity contribution in [1.29, 1.82) is 0 Å². The molecule has 2 amide bonds. The summed E-state index contributed by atoms with van der Waals surface area (Å²) in [5.74, 6) is -1.41. The van der Waals surface area contributed by atoms with E-state index < -0.39 is 17.6 Å². The molecule has 27 heavy (non-hydrogen) atoms. The molecule has 0 spiro atoms. The van der Waals surface area contributed by atoms with Crippen molar-refractivity contribution in [3.8, 4) is 0 Å². The zero-order valence-corrected chi connectivity index (χ0v) is 15.2. The van der Waals surface area contributed by atoms with E-state index in [1.54, 1.807) is 0 Å². The first kappa shape index (κ1) is 21.1. The fraction of sp³-hybridized carbons (Fsp3) is 0.556. The van der Waals surface area contributed by atoms with E-state index in [0.717, 1.165) is 25.0 Å². The predicted molar refractivity (Wildman–Crippen MR) is 91.1 cm³/mol. The van der Waals surface area contributed by atoms with Gasteiger partial charge in [-0.3, -0.25) is 14.5 Å². The molecule has 1 aliphatic heterocycles. The maximum atomic E-state index is 13.8. The molecular weight excluding hydrogens is 366 g/mol. The Hall–Kier alpha value is -2.16. The molecule has 0 saturated carbocycles. The van der Waals surface area contributed by atoms with Gasteiger partial charge in [0.15, 0.2) is 0 Å². The Morgan fingerprint density at radius 2 is 1.85 bits per heavy atom. The normalized spacial score (nSPS) is 20.5. The van der Waals surface area contributed by atoms with Crippen molar-refractivity contribution in [1.82, 2.24) is 15.5 Å². The molecule has 5 nitrogen and oxygen atoms in total. The fourth-order valence-electron chi connectivity index (χ4n) is 3.19. The van der Waals surface area contributed by atoms with Gasteiger partial charge in [0.25, 0.3) is 0 Å². The molecule has 2 N–H and O–H groups in total. The van der Waals surface area contributed by atoms with Gasteiger partial charge < -0.3 is 10.6 Å². The highest BCUT2D eigenvalue weighted by molar-refractivity contribution is 5.76. The average Bonchev–Trinajstić information content (AvgIpc) is 2.91. The summed E-state index contributed by atoms with van der Waals surface area (Å²) < 4.78 is 51.4. The quantitative estimate of drug-likeness (QED) is 0.735. The number of carbonyl (C=O) groups is 2. The zero-order chi connectivity index (χ0) is 20.2. The van der Waals surface area contributed by atoms with Crippen LogP contribution in [0.2, 0.25) is 0 Å². The van der Waals surface area contributed by atoms with E-state index in [9.17, 15) is 27.2 Å². The van der Waals surface area contributed by atoms with Crippen molar-refractivity contribution in [3.05, 3.63) is 35.1 Å². The molecule has 0 aromatic heterocycles. The monoisotopic (exact) mass is 389 g/mol. The van der Waals surface area contributed by atoms with Crippen LogP contribution in [0.25, 0.3) is 0 Å². The smallest absolute Gasteiger partial charge is 0.355 e. The van der Waals surface area contributed by atoms with Gasteiger partial charge in [0.2, 0.25) is 11.8 Å². The van der Waals surface area contributed by atoms with Crippen LogP contribution in [0, 0.1) is 5.82 Å². The van der Waals surface area contributed by atoms with Crippen LogP contribution in [0.1, 0.15) is 37.3 Å². The summed E-state index contributed by atoms with van der Waals surface area (Å²) in [5, 5.41) is 5.31. The van der Waals surface area contributed by atoms with Gasteiger partial charge in [-0.25, -0.2) is 4.39 Å². The summed E-state index contributed by atoms with van der Waals surface area (Å²) in [7, 11) is 1.88. The van der Waals surface area contributed by atoms with Crippen LogP contribution in [0.4, 0.5) is 17.6 Å². The summed E-state index contributed by atoms with van der Waals surface area (Å²) >= 11 is 0. The first-order valence-corrected chi connectivity index (χ1v) is 8.66. The van der Waals surface area contributed by atoms with Crippen LogP contribution in [0.5, 0.6) is 0 Å². The molecule has 1 fully saturated rings. The number of halogens is 4. The Morgan fingerprint density at radius 1 is 1.19 bits per heavy atom. The average molecular weight is 389 g/mol. The van der Waals surface area contributed by atoms with Crippen LogP contribution < -0.4 is 10.6 Å². The van der Waals surface area contributed by atoms with E-state index in [1.807, 2.05) is 11.9 Å². The third kappa shape index (κ3) is 5.92. The van der Waals surface area contributed by atoms with E-state index >= 15 is 0 Å². The number of hydrogen-bond acceptors (Lipinski definition) is 3. The fourth-order valence-corrected chi connectivity index (χ4v) is 3.19. The second kappa shape index (κ2) is 8.69. The number of likely N-dealkylation sites (N-methyl/N-ethyl adjacent to an activating group) is 1. The molecule has 1 aromatic carbocycles. The summed E-state index contributed by atoms with van der Waals surface area (Å²) in [6.45, 7) is 1.79. The minimum atomic E-state index is -4.61. The van der Waals surface area contributed by atoms with E-state index in [4.69, 9.17) is 0 Å². The minimum Gasteiger partial charge on any atom is -0.355 e. The number of benzene rings is 1. The molecule has 0 bridgehead atoms. The standard InChI is InChI=1S/C18H23F4N3O2/c1-11(26)23-10-15-6-5-14(25(15)2)8-17(27)24-9-12-3-4-13(7-16(12)19)18(20,21)22/h3-4,7,14-15H,5-6,8-10H2,1-2H3,(H,23,26)(H,24,27)/t14-,15+/m0/s1. The Kier molecular flexibility index (Phi) is 6.80. The van der Waals surface area contributed by atoms with Gasteiger partial charge in [0.1, 0.15) is 5.82 Å². The van der Waals surface area contributed by atoms with Crippen LogP contribution in [-0.2, 0) is 22.3 Å². The summed E-state index contributed by atoms with van der Waals surface area (Å²) in [4.78, 5) is 25.2. The minimum absolute atomic E-state index is 0.000314. The molecule has 2 atom stereocenters. The van der Waals surface area contributed by atoms with Gasteiger partial charge in [0.05, 0.1) is 5.56 Å². The molecule has 0 radical (unpaired) electrons. The lowest BCUT2D eigenvalue weighted by molar-refractivity contribution is -0.137. The predicted octanol–water partition coefficient (Wildman–Crippen LogP) is 2.45. The van der Waals surface area contributed by atoms with E-state index in [1.165, 1.54) is 6.92 Å². The van der Waals surface area contributed by atoms with Crippen LogP contribution in [-0.4, -0.2) is 42.4 Å². The van der Waals surface area contributed by atoms with Crippen molar-refractivity contribution < 1.29 is 27.2 Å². The number of hydrogen-bond donors (Lipinski definition) is 2. The highest BCUT2D eigenvalue weighted by Crippen LogP contribution is 2.30. The maximum absolute atomic E-state index is 13.8. The largest absolute Gasteiger partial charge is 0.416 e. The van der Waals surface area contributed by atoms with Crippen molar-refractivity contribution in [2.45, 2.75) is 51.0 Å². The second-order valence-electron chi connectivity index (χ2n) is 6.77. The van der Waals surface area contributed by atoms with Gasteiger partial charge in [-0.1, -0.05) is 6.07 Å². The van der Waals surface area contributed by atoms with Crippen LogP contribution in [0.3, 0.4) is 0 Å². The zero-order valence-electron chi connectivity index (χ0n) is 15.2. The Balaban J connectivity index is 1.84. The molecule has 1 saturated heterocycles. The molecular formula is C18H23F4N3O2. The van der Waals surface area contributed by atoms with Crippen molar-refractivity contribution in [3.63, 3.8) is 0 Å². The van der Waals surface area contributed by atoms with Crippen molar-refractivity contribution >= 4 is 11.8 Å². The number of alkyl halides is 3. The molecule has 9 heteroatoms. The van der Waals surface area contributed by atoms with Crippen LogP contribution >= 0.6 is 0 Å². The van der Waals surface area contributed by atoms with Gasteiger partial charge in [-0.15, -0.1) is 0 Å². The number of nitrogens with one attached hydrogen (secondary N) is 2. The lowest BCUT2D eigenvalue weighted by Gasteiger charge is -2.25. The highest BCUT2D eigenvalue weighted by Gasteiger charge is 2.32. The van der Waals surface area contributed by atoms with E-state index in [2.05, 4.69) is 10.6 Å². The van der Waals surface area contributed by atoms with Crippen LogP contribution in [0.15, 0.2) is 18.2 Å². The SMILES string of the molecule is CC(=O)NC[C@H]1CC[C@@H](CC(=O)NCc2ccc(C(F)(F)F)cc2F)N1C. The van der Waals surface area contributed by atoms with Crippen molar-refractivity contribution in [2.75, 3.05) is 13.6 Å². The van der Waals surface area contributed by atoms with Gasteiger partial charge in [0, 0.05) is 44.1 Å². The lowest BCUT2D eigenvalue weighted by Crippen LogP contribution is -2.42. The van der Waals surface area contributed by atoms with Gasteiger partial charge >= 0.3 is 6.18 Å². The topological polar surface area (TPSA) is 61.4 Å². The molecule has 1 aliphatic rings. The number of nitrogens with zero attached hydrogens (tertiary/aromatic N) is 1. The number of rotatable bonds is 6.